The predicted molar refractivity (Wildman–Crippen MR) is 89.8 cm³/mol. The summed E-state index contributed by atoms with van der Waals surface area (Å²) in [7, 11) is 0. The van der Waals surface area contributed by atoms with E-state index < -0.39 is 0 Å². The second-order valence-corrected chi connectivity index (χ2v) is 6.18. The van der Waals surface area contributed by atoms with Crippen molar-refractivity contribution in [2.24, 2.45) is 0 Å². The van der Waals surface area contributed by atoms with Crippen LogP contribution in [0.2, 0.25) is 0 Å². The van der Waals surface area contributed by atoms with E-state index in [0.717, 1.165) is 37.6 Å². The van der Waals surface area contributed by atoms with Crippen molar-refractivity contribution in [2.75, 3.05) is 32.8 Å². The van der Waals surface area contributed by atoms with Crippen LogP contribution in [0.25, 0.3) is 0 Å². The lowest BCUT2D eigenvalue weighted by atomic mass is 10.2. The summed E-state index contributed by atoms with van der Waals surface area (Å²) < 4.78 is 26.9. The molecule has 0 unspecified atom stereocenters. The molecular weight excluding hydrogens is 309 g/mol. The fraction of sp³-hybridized carbons (Fsp3) is 0.500. The first-order chi connectivity index (χ1) is 11.6. The Morgan fingerprint density at radius 3 is 2.92 bits per heavy atom. The van der Waals surface area contributed by atoms with Crippen molar-refractivity contribution in [3.8, 4) is 5.75 Å². The molecule has 1 aliphatic heterocycles. The van der Waals surface area contributed by atoms with Gasteiger partial charge in [-0.15, -0.1) is 0 Å². The summed E-state index contributed by atoms with van der Waals surface area (Å²) in [6, 6.07) is 8.57. The van der Waals surface area contributed by atoms with Crippen LogP contribution < -0.4 is 4.74 Å². The molecule has 1 fully saturated rings. The van der Waals surface area contributed by atoms with E-state index in [2.05, 4.69) is 23.0 Å². The van der Waals surface area contributed by atoms with E-state index in [4.69, 9.17) is 9.47 Å². The maximum Gasteiger partial charge on any atom is 0.165 e. The predicted octanol–water partition coefficient (Wildman–Crippen LogP) is 2.42. The molecule has 1 aromatic carbocycles. The van der Waals surface area contributed by atoms with Gasteiger partial charge in [-0.3, -0.25) is 9.58 Å². The maximum absolute atomic E-state index is 13.5. The summed E-state index contributed by atoms with van der Waals surface area (Å²) in [6.45, 7) is 8.43. The fourth-order valence-electron chi connectivity index (χ4n) is 2.99. The summed E-state index contributed by atoms with van der Waals surface area (Å²) in [5.41, 5.74) is 2.18. The number of rotatable bonds is 6. The van der Waals surface area contributed by atoms with Gasteiger partial charge in [-0.2, -0.15) is 5.10 Å². The van der Waals surface area contributed by atoms with E-state index in [1.165, 1.54) is 6.07 Å². The molecule has 2 heterocycles. The van der Waals surface area contributed by atoms with Gasteiger partial charge in [0.25, 0.3) is 0 Å². The van der Waals surface area contributed by atoms with E-state index in [9.17, 15) is 4.39 Å². The summed E-state index contributed by atoms with van der Waals surface area (Å²) in [6.07, 6.45) is 0.116. The average Bonchev–Trinajstić information content (AvgIpc) is 2.87. The molecule has 1 saturated heterocycles. The van der Waals surface area contributed by atoms with Crippen LogP contribution in [0.15, 0.2) is 30.3 Å². The van der Waals surface area contributed by atoms with Gasteiger partial charge in [0.15, 0.2) is 11.6 Å². The van der Waals surface area contributed by atoms with Gasteiger partial charge in [0, 0.05) is 25.3 Å². The molecule has 0 saturated carbocycles. The number of para-hydroxylation sites is 1. The molecule has 1 atom stereocenters. The molecule has 0 amide bonds. The molecular formula is C18H24FN3O2. The molecule has 130 valence electrons. The quantitative estimate of drug-likeness (QED) is 0.814. The second-order valence-electron chi connectivity index (χ2n) is 6.18. The standard InChI is InChI=1S/C18H24FN3O2/c1-14-11-15(2)22(20-14)13-16-12-21(7-9-23-16)8-10-24-18-6-4-3-5-17(18)19/h3-6,11,16H,7-10,12-13H2,1-2H3/t16-/m0/s1. The lowest BCUT2D eigenvalue weighted by Gasteiger charge is -2.32. The highest BCUT2D eigenvalue weighted by Gasteiger charge is 2.21. The molecule has 0 radical (unpaired) electrons. The van der Waals surface area contributed by atoms with E-state index in [1.54, 1.807) is 18.2 Å². The maximum atomic E-state index is 13.5. The molecule has 0 aliphatic carbocycles. The van der Waals surface area contributed by atoms with E-state index in [0.29, 0.717) is 19.0 Å². The number of hydrogen-bond donors (Lipinski definition) is 0. The average molecular weight is 333 g/mol. The first kappa shape index (κ1) is 16.9. The van der Waals surface area contributed by atoms with E-state index in [1.807, 2.05) is 11.6 Å². The highest BCUT2D eigenvalue weighted by Crippen LogP contribution is 2.15. The molecule has 3 rings (SSSR count). The van der Waals surface area contributed by atoms with Gasteiger partial charge in [0.1, 0.15) is 6.61 Å². The third kappa shape index (κ3) is 4.33. The van der Waals surface area contributed by atoms with Crippen LogP contribution in [0.5, 0.6) is 5.75 Å². The van der Waals surface area contributed by atoms with Crippen molar-refractivity contribution in [3.63, 3.8) is 0 Å². The zero-order valence-electron chi connectivity index (χ0n) is 14.2. The van der Waals surface area contributed by atoms with Crippen LogP contribution in [0, 0.1) is 19.7 Å². The second kappa shape index (κ2) is 7.77. The zero-order chi connectivity index (χ0) is 16.9. The Morgan fingerprint density at radius 2 is 2.17 bits per heavy atom. The van der Waals surface area contributed by atoms with Crippen LogP contribution in [-0.2, 0) is 11.3 Å². The smallest absolute Gasteiger partial charge is 0.165 e. The monoisotopic (exact) mass is 333 g/mol. The number of halogens is 1. The summed E-state index contributed by atoms with van der Waals surface area (Å²) >= 11 is 0. The topological polar surface area (TPSA) is 39.5 Å². The van der Waals surface area contributed by atoms with Crippen LogP contribution in [0.4, 0.5) is 4.39 Å². The lowest BCUT2D eigenvalue weighted by Crippen LogP contribution is -2.45. The number of nitrogens with zero attached hydrogens (tertiary/aromatic N) is 3. The van der Waals surface area contributed by atoms with E-state index in [-0.39, 0.29) is 11.9 Å². The molecule has 2 aromatic rings. The van der Waals surface area contributed by atoms with Gasteiger partial charge in [-0.25, -0.2) is 4.39 Å². The molecule has 5 nitrogen and oxygen atoms in total. The summed E-state index contributed by atoms with van der Waals surface area (Å²) in [5, 5.41) is 4.49. The Labute approximate surface area is 142 Å². The van der Waals surface area contributed by atoms with Crippen LogP contribution in [-0.4, -0.2) is 53.6 Å². The van der Waals surface area contributed by atoms with Crippen LogP contribution in [0.1, 0.15) is 11.4 Å². The molecule has 24 heavy (non-hydrogen) atoms. The van der Waals surface area contributed by atoms with Gasteiger partial charge in [-0.05, 0) is 32.0 Å². The largest absolute Gasteiger partial charge is 0.489 e. The molecule has 6 heteroatoms. The SMILES string of the molecule is Cc1cc(C)n(C[C@@H]2CN(CCOc3ccccc3F)CCO2)n1. The van der Waals surface area contributed by atoms with Crippen molar-refractivity contribution in [3.05, 3.63) is 47.5 Å². The Kier molecular flexibility index (Phi) is 5.48. The minimum Gasteiger partial charge on any atom is -0.489 e. The Hall–Kier alpha value is -1.92. The number of aromatic nitrogens is 2. The van der Waals surface area contributed by atoms with Gasteiger partial charge in [0.2, 0.25) is 0 Å². The lowest BCUT2D eigenvalue weighted by molar-refractivity contribution is -0.0404. The van der Waals surface area contributed by atoms with Crippen molar-refractivity contribution < 1.29 is 13.9 Å². The Morgan fingerprint density at radius 1 is 1.33 bits per heavy atom. The number of ether oxygens (including phenoxy) is 2. The highest BCUT2D eigenvalue weighted by atomic mass is 19.1. The number of morpholine rings is 1. The van der Waals surface area contributed by atoms with Crippen LogP contribution >= 0.6 is 0 Å². The first-order valence-electron chi connectivity index (χ1n) is 8.34. The first-order valence-corrected chi connectivity index (χ1v) is 8.34. The molecule has 0 N–H and O–H groups in total. The number of aryl methyl sites for hydroxylation is 2. The highest BCUT2D eigenvalue weighted by molar-refractivity contribution is 5.23. The Balaban J connectivity index is 1.47. The third-order valence-electron chi connectivity index (χ3n) is 4.20. The third-order valence-corrected chi connectivity index (χ3v) is 4.20. The minimum atomic E-state index is -0.318. The molecule has 0 bridgehead atoms. The van der Waals surface area contributed by atoms with Crippen LogP contribution in [0.3, 0.4) is 0 Å². The van der Waals surface area contributed by atoms with Crippen molar-refractivity contribution >= 4 is 0 Å². The minimum absolute atomic E-state index is 0.116. The van der Waals surface area contributed by atoms with Crippen molar-refractivity contribution in [1.82, 2.24) is 14.7 Å². The van der Waals surface area contributed by atoms with Gasteiger partial charge in [-0.1, -0.05) is 12.1 Å². The number of hydrogen-bond acceptors (Lipinski definition) is 4. The van der Waals surface area contributed by atoms with Gasteiger partial charge >= 0.3 is 0 Å². The van der Waals surface area contributed by atoms with Crippen molar-refractivity contribution in [2.45, 2.75) is 26.5 Å². The van der Waals surface area contributed by atoms with Gasteiger partial charge < -0.3 is 9.47 Å². The summed E-state index contributed by atoms with van der Waals surface area (Å²) in [4.78, 5) is 2.29. The zero-order valence-corrected chi connectivity index (χ0v) is 14.2. The number of benzene rings is 1. The van der Waals surface area contributed by atoms with E-state index >= 15 is 0 Å². The summed E-state index contributed by atoms with van der Waals surface area (Å²) in [5.74, 6) is -0.00756. The molecule has 1 aromatic heterocycles. The van der Waals surface area contributed by atoms with Crippen molar-refractivity contribution in [1.29, 1.82) is 0 Å². The van der Waals surface area contributed by atoms with Gasteiger partial charge in [0.05, 0.1) is 24.9 Å². The normalized spacial score (nSPS) is 18.7. The molecule has 0 spiro atoms. The Bertz CT molecular complexity index is 674. The fourth-order valence-corrected chi connectivity index (χ4v) is 2.99. The molecule has 1 aliphatic rings.